The number of hydrogen-bond donors (Lipinski definition) is 1. The van der Waals surface area contributed by atoms with Gasteiger partial charge in [-0.05, 0) is 41.0 Å². The zero-order valence-electron chi connectivity index (χ0n) is 19.3. The van der Waals surface area contributed by atoms with Gasteiger partial charge in [0, 0.05) is 32.7 Å². The zero-order chi connectivity index (χ0) is 22.3. The highest BCUT2D eigenvalue weighted by Crippen LogP contribution is 2.35. The fraction of sp³-hybridized carbons (Fsp3) is 0.333. The molecule has 176 valence electrons. The molecule has 0 aromatic heterocycles. The number of methoxy groups -OCH3 is 2. The quantitative estimate of drug-likeness (QED) is 0.518. The highest BCUT2D eigenvalue weighted by molar-refractivity contribution is 5.85. The smallest absolute Gasteiger partial charge is 0.118 e. The van der Waals surface area contributed by atoms with Crippen LogP contribution in [0.4, 0.5) is 0 Å². The number of piperazine rings is 1. The van der Waals surface area contributed by atoms with Gasteiger partial charge in [0.25, 0.3) is 0 Å². The van der Waals surface area contributed by atoms with Crippen LogP contribution in [-0.2, 0) is 6.54 Å². The Morgan fingerprint density at radius 2 is 1.27 bits per heavy atom. The maximum Gasteiger partial charge on any atom is 0.118 e. The third-order valence-corrected chi connectivity index (χ3v) is 6.26. The van der Waals surface area contributed by atoms with Gasteiger partial charge in [-0.2, -0.15) is 0 Å². The van der Waals surface area contributed by atoms with Crippen molar-refractivity contribution in [3.8, 4) is 11.5 Å². The van der Waals surface area contributed by atoms with E-state index >= 15 is 0 Å². The van der Waals surface area contributed by atoms with Crippen molar-refractivity contribution in [1.82, 2.24) is 9.80 Å². The molecule has 0 spiro atoms. The Morgan fingerprint density at radius 3 is 1.82 bits per heavy atom. The van der Waals surface area contributed by atoms with Gasteiger partial charge in [-0.1, -0.05) is 54.6 Å². The topological polar surface area (TPSA) is 45.2 Å². The third-order valence-electron chi connectivity index (χ3n) is 6.26. The van der Waals surface area contributed by atoms with Crippen molar-refractivity contribution in [2.75, 3.05) is 40.4 Å². The average Bonchev–Trinajstić information content (AvgIpc) is 2.86. The van der Waals surface area contributed by atoms with Crippen molar-refractivity contribution in [3.05, 3.63) is 95.6 Å². The van der Waals surface area contributed by atoms with Gasteiger partial charge < -0.3 is 14.6 Å². The largest absolute Gasteiger partial charge is 0.497 e. The third kappa shape index (κ3) is 6.27. The summed E-state index contributed by atoms with van der Waals surface area (Å²) in [6.07, 6.45) is -0.599. The molecule has 0 amide bonds. The molecular formula is C27H33ClN2O3. The van der Waals surface area contributed by atoms with Crippen molar-refractivity contribution in [2.45, 2.75) is 18.7 Å². The van der Waals surface area contributed by atoms with Crippen molar-refractivity contribution >= 4 is 12.4 Å². The number of aliphatic hydroxyl groups excluding tert-OH is 1. The number of ether oxygens (including phenoxy) is 2. The highest BCUT2D eigenvalue weighted by Gasteiger charge is 2.31. The monoisotopic (exact) mass is 468 g/mol. The van der Waals surface area contributed by atoms with Crippen LogP contribution in [0.1, 0.15) is 28.8 Å². The minimum absolute atomic E-state index is 0. The van der Waals surface area contributed by atoms with E-state index in [0.29, 0.717) is 0 Å². The van der Waals surface area contributed by atoms with Gasteiger partial charge in [0.2, 0.25) is 0 Å². The summed E-state index contributed by atoms with van der Waals surface area (Å²) in [6.45, 7) is 4.64. The predicted octanol–water partition coefficient (Wildman–Crippen LogP) is 4.72. The van der Waals surface area contributed by atoms with Crippen LogP contribution in [0.5, 0.6) is 11.5 Å². The molecule has 1 aliphatic rings. The Bertz CT molecular complexity index is 959. The maximum atomic E-state index is 11.4. The molecule has 2 atom stereocenters. The normalized spacial score (nSPS) is 16.5. The highest BCUT2D eigenvalue weighted by atomic mass is 35.5. The molecule has 6 heteroatoms. The van der Waals surface area contributed by atoms with Gasteiger partial charge >= 0.3 is 0 Å². The van der Waals surface area contributed by atoms with Crippen molar-refractivity contribution in [3.63, 3.8) is 0 Å². The van der Waals surface area contributed by atoms with Crippen LogP contribution in [0.2, 0.25) is 0 Å². The molecule has 0 radical (unpaired) electrons. The van der Waals surface area contributed by atoms with Gasteiger partial charge in [0.1, 0.15) is 11.5 Å². The maximum absolute atomic E-state index is 11.4. The Kier molecular flexibility index (Phi) is 9.15. The summed E-state index contributed by atoms with van der Waals surface area (Å²) in [7, 11) is 3.37. The first-order valence-corrected chi connectivity index (χ1v) is 11.1. The molecule has 1 heterocycles. The van der Waals surface area contributed by atoms with Gasteiger partial charge in [0.05, 0.1) is 26.4 Å². The van der Waals surface area contributed by atoms with E-state index in [9.17, 15) is 5.11 Å². The van der Waals surface area contributed by atoms with Crippen molar-refractivity contribution in [1.29, 1.82) is 0 Å². The van der Waals surface area contributed by atoms with Gasteiger partial charge in [-0.3, -0.25) is 9.80 Å². The molecule has 1 N–H and O–H groups in total. The molecule has 3 aromatic rings. The molecule has 1 aliphatic heterocycles. The lowest BCUT2D eigenvalue weighted by Gasteiger charge is -2.41. The van der Waals surface area contributed by atoms with Gasteiger partial charge in [-0.15, -0.1) is 12.4 Å². The predicted molar refractivity (Wildman–Crippen MR) is 134 cm³/mol. The number of aliphatic hydroxyl groups is 1. The van der Waals surface area contributed by atoms with Crippen LogP contribution in [0, 0.1) is 0 Å². The second kappa shape index (κ2) is 12.1. The summed E-state index contributed by atoms with van der Waals surface area (Å²) in [5.41, 5.74) is 3.33. The lowest BCUT2D eigenvalue weighted by molar-refractivity contribution is 0.0148. The molecular weight excluding hydrogens is 436 g/mol. The first-order valence-electron chi connectivity index (χ1n) is 11.1. The van der Waals surface area contributed by atoms with Gasteiger partial charge in [0.15, 0.2) is 0 Å². The first kappa shape index (κ1) is 25.1. The van der Waals surface area contributed by atoms with E-state index in [2.05, 4.69) is 34.1 Å². The van der Waals surface area contributed by atoms with Crippen molar-refractivity contribution in [2.24, 2.45) is 0 Å². The van der Waals surface area contributed by atoms with Crippen LogP contribution in [0.25, 0.3) is 0 Å². The van der Waals surface area contributed by atoms with Crippen LogP contribution in [0.3, 0.4) is 0 Å². The number of nitrogens with zero attached hydrogens (tertiary/aromatic N) is 2. The molecule has 0 aliphatic carbocycles. The SMILES string of the molecule is COc1ccc(CN2CCN(C(c3ccc(OC)cc3)C(O)c3ccccc3)CC2)cc1.Cl. The molecule has 0 saturated carbocycles. The van der Waals surface area contributed by atoms with Crippen LogP contribution < -0.4 is 9.47 Å². The molecule has 1 saturated heterocycles. The Hall–Kier alpha value is -2.57. The number of benzene rings is 3. The molecule has 33 heavy (non-hydrogen) atoms. The van der Waals surface area contributed by atoms with E-state index in [-0.39, 0.29) is 18.4 Å². The summed E-state index contributed by atoms with van der Waals surface area (Å²) >= 11 is 0. The first-order chi connectivity index (χ1) is 15.7. The molecule has 2 unspecified atom stereocenters. The van der Waals surface area contributed by atoms with Crippen LogP contribution in [0.15, 0.2) is 78.9 Å². The van der Waals surface area contributed by atoms with Crippen molar-refractivity contribution < 1.29 is 14.6 Å². The lowest BCUT2D eigenvalue weighted by atomic mass is 9.93. The van der Waals surface area contributed by atoms with E-state index in [4.69, 9.17) is 9.47 Å². The molecule has 3 aromatic carbocycles. The fourth-order valence-corrected chi connectivity index (χ4v) is 4.42. The summed E-state index contributed by atoms with van der Waals surface area (Å²) in [4.78, 5) is 4.88. The van der Waals surface area contributed by atoms with E-state index in [1.807, 2.05) is 54.6 Å². The number of halogens is 1. The second-order valence-corrected chi connectivity index (χ2v) is 8.23. The Balaban J connectivity index is 0.00000306. The van der Waals surface area contributed by atoms with Gasteiger partial charge in [-0.25, -0.2) is 0 Å². The fourth-order valence-electron chi connectivity index (χ4n) is 4.42. The molecule has 5 nitrogen and oxygen atoms in total. The molecule has 1 fully saturated rings. The van der Waals surface area contributed by atoms with Crippen LogP contribution in [-0.4, -0.2) is 55.3 Å². The summed E-state index contributed by atoms with van der Waals surface area (Å²) < 4.78 is 10.6. The summed E-state index contributed by atoms with van der Waals surface area (Å²) in [6, 6.07) is 26.2. The Morgan fingerprint density at radius 1 is 0.727 bits per heavy atom. The zero-order valence-corrected chi connectivity index (χ0v) is 20.1. The number of rotatable bonds is 8. The van der Waals surface area contributed by atoms with E-state index in [1.165, 1.54) is 5.56 Å². The molecule has 0 bridgehead atoms. The minimum Gasteiger partial charge on any atom is -0.497 e. The second-order valence-electron chi connectivity index (χ2n) is 8.23. The van der Waals surface area contributed by atoms with E-state index in [0.717, 1.165) is 55.3 Å². The Labute approximate surface area is 203 Å². The summed E-state index contributed by atoms with van der Waals surface area (Å²) in [5, 5.41) is 11.4. The number of hydrogen-bond acceptors (Lipinski definition) is 5. The summed E-state index contributed by atoms with van der Waals surface area (Å²) in [5.74, 6) is 1.71. The van der Waals surface area contributed by atoms with Crippen LogP contribution >= 0.6 is 12.4 Å². The minimum atomic E-state index is -0.599. The average molecular weight is 469 g/mol. The molecule has 4 rings (SSSR count). The van der Waals surface area contributed by atoms with E-state index in [1.54, 1.807) is 14.2 Å². The standard InChI is InChI=1S/C27H32N2O3.ClH/c1-31-24-12-8-21(9-13-24)20-28-16-18-29(19-17-28)26(22-10-14-25(32-2)15-11-22)27(30)23-6-4-3-5-7-23;/h3-15,26-27,30H,16-20H2,1-2H3;1H. The van der Waals surface area contributed by atoms with E-state index < -0.39 is 6.10 Å². The lowest BCUT2D eigenvalue weighted by Crippen LogP contribution is -2.48.